The molecule has 1 aromatic rings. The van der Waals surface area contributed by atoms with Crippen LogP contribution in [0.2, 0.25) is 0 Å². The SMILES string of the molecule is CCCC(C)COc1ccc(C#CCN)cc1. The second kappa shape index (κ2) is 7.76. The summed E-state index contributed by atoms with van der Waals surface area (Å²) in [4.78, 5) is 0. The van der Waals surface area contributed by atoms with Crippen LogP contribution in [0, 0.1) is 17.8 Å². The molecule has 0 saturated heterocycles. The van der Waals surface area contributed by atoms with E-state index in [1.807, 2.05) is 24.3 Å². The second-order valence-corrected chi connectivity index (χ2v) is 4.24. The molecule has 1 aromatic carbocycles. The molecule has 0 saturated carbocycles. The first-order valence-electron chi connectivity index (χ1n) is 6.18. The van der Waals surface area contributed by atoms with Gasteiger partial charge in [0.15, 0.2) is 0 Å². The molecule has 2 heteroatoms. The van der Waals surface area contributed by atoms with E-state index in [1.165, 1.54) is 12.8 Å². The maximum atomic E-state index is 5.71. The first-order chi connectivity index (χ1) is 8.26. The fourth-order valence-electron chi connectivity index (χ4n) is 1.60. The molecule has 0 spiro atoms. The standard InChI is InChI=1S/C15H21NO/c1-3-5-13(2)12-17-15-9-7-14(8-10-15)6-4-11-16/h7-10,13H,3,5,11-12,16H2,1-2H3. The van der Waals surface area contributed by atoms with E-state index in [0.717, 1.165) is 17.9 Å². The highest BCUT2D eigenvalue weighted by Crippen LogP contribution is 2.14. The number of hydrogen-bond donors (Lipinski definition) is 1. The zero-order chi connectivity index (χ0) is 12.5. The Morgan fingerprint density at radius 1 is 1.29 bits per heavy atom. The van der Waals surface area contributed by atoms with Gasteiger partial charge >= 0.3 is 0 Å². The minimum absolute atomic E-state index is 0.396. The van der Waals surface area contributed by atoms with Gasteiger partial charge in [0.25, 0.3) is 0 Å². The molecule has 0 fully saturated rings. The Hall–Kier alpha value is -1.46. The Labute approximate surface area is 104 Å². The zero-order valence-corrected chi connectivity index (χ0v) is 10.7. The van der Waals surface area contributed by atoms with E-state index < -0.39 is 0 Å². The average molecular weight is 231 g/mol. The van der Waals surface area contributed by atoms with Crippen LogP contribution in [0.4, 0.5) is 0 Å². The summed E-state index contributed by atoms with van der Waals surface area (Å²) in [6.45, 7) is 5.58. The van der Waals surface area contributed by atoms with Crippen molar-refractivity contribution in [1.82, 2.24) is 0 Å². The Morgan fingerprint density at radius 2 is 2.00 bits per heavy atom. The van der Waals surface area contributed by atoms with E-state index in [4.69, 9.17) is 10.5 Å². The van der Waals surface area contributed by atoms with Gasteiger partial charge in [0.05, 0.1) is 13.2 Å². The molecule has 1 atom stereocenters. The monoisotopic (exact) mass is 231 g/mol. The molecule has 0 bridgehead atoms. The van der Waals surface area contributed by atoms with Crippen LogP contribution in [0.15, 0.2) is 24.3 Å². The first kappa shape index (κ1) is 13.6. The van der Waals surface area contributed by atoms with Crippen molar-refractivity contribution in [2.45, 2.75) is 26.7 Å². The summed E-state index contributed by atoms with van der Waals surface area (Å²) in [7, 11) is 0. The molecule has 17 heavy (non-hydrogen) atoms. The summed E-state index contributed by atoms with van der Waals surface area (Å²) in [5.41, 5.74) is 6.29. The maximum absolute atomic E-state index is 5.71. The summed E-state index contributed by atoms with van der Waals surface area (Å²) >= 11 is 0. The molecule has 0 aliphatic heterocycles. The summed E-state index contributed by atoms with van der Waals surface area (Å²) in [5, 5.41) is 0. The van der Waals surface area contributed by atoms with Crippen molar-refractivity contribution in [2.75, 3.05) is 13.2 Å². The maximum Gasteiger partial charge on any atom is 0.119 e. The molecular weight excluding hydrogens is 210 g/mol. The van der Waals surface area contributed by atoms with Gasteiger partial charge in [-0.3, -0.25) is 0 Å². The summed E-state index contributed by atoms with van der Waals surface area (Å²) in [6.07, 6.45) is 2.41. The largest absolute Gasteiger partial charge is 0.493 e. The van der Waals surface area contributed by atoms with Crippen LogP contribution in [-0.4, -0.2) is 13.2 Å². The molecule has 2 N–H and O–H groups in total. The molecule has 0 amide bonds. The summed E-state index contributed by atoms with van der Waals surface area (Å²) < 4.78 is 5.71. The Morgan fingerprint density at radius 3 is 2.59 bits per heavy atom. The highest BCUT2D eigenvalue weighted by Gasteiger charge is 2.01. The van der Waals surface area contributed by atoms with Gasteiger partial charge < -0.3 is 10.5 Å². The molecule has 0 aromatic heterocycles. The number of ether oxygens (including phenoxy) is 1. The van der Waals surface area contributed by atoms with E-state index >= 15 is 0 Å². The minimum Gasteiger partial charge on any atom is -0.493 e. The lowest BCUT2D eigenvalue weighted by atomic mass is 10.1. The van der Waals surface area contributed by atoms with Crippen molar-refractivity contribution in [3.8, 4) is 17.6 Å². The van der Waals surface area contributed by atoms with E-state index in [-0.39, 0.29) is 0 Å². The lowest BCUT2D eigenvalue weighted by molar-refractivity contribution is 0.251. The lowest BCUT2D eigenvalue weighted by Crippen LogP contribution is -2.07. The highest BCUT2D eigenvalue weighted by molar-refractivity contribution is 5.38. The van der Waals surface area contributed by atoms with Crippen LogP contribution >= 0.6 is 0 Å². The zero-order valence-electron chi connectivity index (χ0n) is 10.7. The predicted molar refractivity (Wildman–Crippen MR) is 71.9 cm³/mol. The third-order valence-electron chi connectivity index (χ3n) is 2.51. The minimum atomic E-state index is 0.396. The highest BCUT2D eigenvalue weighted by atomic mass is 16.5. The predicted octanol–water partition coefficient (Wildman–Crippen LogP) is 2.81. The number of nitrogens with two attached hydrogens (primary N) is 1. The smallest absolute Gasteiger partial charge is 0.119 e. The van der Waals surface area contributed by atoms with E-state index in [1.54, 1.807) is 0 Å². The van der Waals surface area contributed by atoms with Crippen LogP contribution in [0.5, 0.6) is 5.75 Å². The van der Waals surface area contributed by atoms with Crippen molar-refractivity contribution in [3.63, 3.8) is 0 Å². The Balaban J connectivity index is 2.45. The van der Waals surface area contributed by atoms with E-state index in [0.29, 0.717) is 12.5 Å². The third-order valence-corrected chi connectivity index (χ3v) is 2.51. The van der Waals surface area contributed by atoms with Crippen LogP contribution < -0.4 is 10.5 Å². The Bertz CT molecular complexity index is 372. The molecule has 92 valence electrons. The summed E-state index contributed by atoms with van der Waals surface area (Å²) in [5.74, 6) is 7.33. The van der Waals surface area contributed by atoms with Gasteiger partial charge in [-0.15, -0.1) is 0 Å². The fourth-order valence-corrected chi connectivity index (χ4v) is 1.60. The third kappa shape index (κ3) is 5.42. The van der Waals surface area contributed by atoms with Crippen molar-refractivity contribution in [1.29, 1.82) is 0 Å². The number of hydrogen-bond acceptors (Lipinski definition) is 2. The van der Waals surface area contributed by atoms with Crippen LogP contribution in [0.3, 0.4) is 0 Å². The average Bonchev–Trinajstić information content (AvgIpc) is 2.35. The van der Waals surface area contributed by atoms with Gasteiger partial charge in [0.1, 0.15) is 5.75 Å². The van der Waals surface area contributed by atoms with Gasteiger partial charge in [-0.1, -0.05) is 32.1 Å². The van der Waals surface area contributed by atoms with Crippen LogP contribution in [0.25, 0.3) is 0 Å². The fraction of sp³-hybridized carbons (Fsp3) is 0.467. The van der Waals surface area contributed by atoms with Crippen molar-refractivity contribution in [2.24, 2.45) is 11.7 Å². The van der Waals surface area contributed by atoms with Crippen LogP contribution in [0.1, 0.15) is 32.3 Å². The van der Waals surface area contributed by atoms with Gasteiger partial charge in [-0.2, -0.15) is 0 Å². The first-order valence-corrected chi connectivity index (χ1v) is 6.18. The van der Waals surface area contributed by atoms with Gasteiger partial charge in [0, 0.05) is 5.56 Å². The lowest BCUT2D eigenvalue weighted by Gasteiger charge is -2.11. The van der Waals surface area contributed by atoms with E-state index in [2.05, 4.69) is 25.7 Å². The van der Waals surface area contributed by atoms with E-state index in [9.17, 15) is 0 Å². The Kier molecular flexibility index (Phi) is 6.21. The quantitative estimate of drug-likeness (QED) is 0.791. The number of rotatable bonds is 5. The van der Waals surface area contributed by atoms with Gasteiger partial charge in [0.2, 0.25) is 0 Å². The second-order valence-electron chi connectivity index (χ2n) is 4.24. The molecule has 0 aliphatic rings. The normalized spacial score (nSPS) is 11.5. The van der Waals surface area contributed by atoms with Crippen molar-refractivity contribution < 1.29 is 4.74 Å². The number of benzene rings is 1. The molecule has 1 rings (SSSR count). The molecular formula is C15H21NO. The molecule has 1 unspecified atom stereocenters. The van der Waals surface area contributed by atoms with Crippen LogP contribution in [-0.2, 0) is 0 Å². The van der Waals surface area contributed by atoms with Crippen molar-refractivity contribution in [3.05, 3.63) is 29.8 Å². The van der Waals surface area contributed by atoms with Crippen molar-refractivity contribution >= 4 is 0 Å². The van der Waals surface area contributed by atoms with Gasteiger partial charge in [-0.25, -0.2) is 0 Å². The molecule has 2 nitrogen and oxygen atoms in total. The molecule has 0 aliphatic carbocycles. The topological polar surface area (TPSA) is 35.2 Å². The van der Waals surface area contributed by atoms with Gasteiger partial charge in [-0.05, 0) is 36.6 Å². The molecule has 0 radical (unpaired) electrons. The molecule has 0 heterocycles. The summed E-state index contributed by atoms with van der Waals surface area (Å²) in [6, 6.07) is 7.84.